The molecule has 1 rings (SSSR count). The van der Waals surface area contributed by atoms with E-state index in [9.17, 15) is 8.42 Å². The lowest BCUT2D eigenvalue weighted by Crippen LogP contribution is -2.40. The molecule has 0 N–H and O–H groups in total. The molecule has 20 heavy (non-hydrogen) atoms. The number of hydrogen-bond acceptors (Lipinski definition) is 2. The summed E-state index contributed by atoms with van der Waals surface area (Å²) in [6.07, 6.45) is 0.830. The summed E-state index contributed by atoms with van der Waals surface area (Å²) in [5.41, 5.74) is 1.07. The molecule has 0 bridgehead atoms. The van der Waals surface area contributed by atoms with Crippen LogP contribution < -0.4 is 0 Å². The third kappa shape index (κ3) is 5.19. The molecule has 0 heterocycles. The minimum absolute atomic E-state index is 0.00187. The maximum Gasteiger partial charge on any atom is 0.214 e. The van der Waals surface area contributed by atoms with Gasteiger partial charge in [0.15, 0.2) is 0 Å². The first-order chi connectivity index (χ1) is 9.38. The summed E-state index contributed by atoms with van der Waals surface area (Å²) in [7, 11) is -3.23. The van der Waals surface area contributed by atoms with Crippen molar-refractivity contribution in [2.24, 2.45) is 0 Å². The lowest BCUT2D eigenvalue weighted by atomic mass is 10.0. The number of nitrogens with zero attached hydrogens (tertiary/aromatic N) is 1. The molecule has 0 spiro atoms. The molecule has 0 saturated heterocycles. The Hall–Kier alpha value is -0.390. The summed E-state index contributed by atoms with van der Waals surface area (Å²) < 4.78 is 26.8. The molecule has 3 nitrogen and oxygen atoms in total. The van der Waals surface area contributed by atoms with Crippen LogP contribution in [0.2, 0.25) is 0 Å². The highest BCUT2D eigenvalue weighted by molar-refractivity contribution is 9.09. The Bertz CT molecular complexity index is 488. The van der Waals surface area contributed by atoms with Gasteiger partial charge in [0.05, 0.1) is 5.75 Å². The van der Waals surface area contributed by atoms with E-state index < -0.39 is 10.0 Å². The van der Waals surface area contributed by atoms with Crippen LogP contribution in [0, 0.1) is 0 Å². The number of benzene rings is 1. The Morgan fingerprint density at radius 2 is 1.75 bits per heavy atom. The first-order valence-electron chi connectivity index (χ1n) is 6.99. The smallest absolute Gasteiger partial charge is 0.212 e. The lowest BCUT2D eigenvalue weighted by molar-refractivity contribution is 0.354. The van der Waals surface area contributed by atoms with Crippen LogP contribution in [-0.4, -0.2) is 36.4 Å². The van der Waals surface area contributed by atoms with Gasteiger partial charge in [-0.25, -0.2) is 8.42 Å². The maximum absolute atomic E-state index is 12.6. The van der Waals surface area contributed by atoms with Crippen LogP contribution in [0.3, 0.4) is 0 Å². The van der Waals surface area contributed by atoms with Crippen LogP contribution in [0.15, 0.2) is 30.3 Å². The Labute approximate surface area is 131 Å². The highest BCUT2D eigenvalue weighted by Gasteiger charge is 2.26. The minimum atomic E-state index is -3.23. The van der Waals surface area contributed by atoms with Gasteiger partial charge in [-0.3, -0.25) is 0 Å². The molecule has 0 amide bonds. The zero-order valence-corrected chi connectivity index (χ0v) is 14.8. The van der Waals surface area contributed by atoms with Crippen LogP contribution >= 0.6 is 15.9 Å². The van der Waals surface area contributed by atoms with Crippen molar-refractivity contribution in [3.63, 3.8) is 0 Å². The fraction of sp³-hybridized carbons (Fsp3) is 0.600. The Kier molecular flexibility index (Phi) is 7.20. The Morgan fingerprint density at radius 3 is 2.25 bits per heavy atom. The fourth-order valence-corrected chi connectivity index (χ4v) is 4.54. The normalized spacial score (nSPS) is 13.9. The molecule has 0 saturated carbocycles. The molecule has 0 aromatic heterocycles. The number of hydrogen-bond donors (Lipinski definition) is 0. The topological polar surface area (TPSA) is 37.4 Å². The third-order valence-corrected chi connectivity index (χ3v) is 6.08. The number of rotatable bonds is 8. The quantitative estimate of drug-likeness (QED) is 0.663. The summed E-state index contributed by atoms with van der Waals surface area (Å²) in [6, 6.07) is 9.81. The van der Waals surface area contributed by atoms with Gasteiger partial charge in [0, 0.05) is 17.9 Å². The third-order valence-electron chi connectivity index (χ3n) is 3.27. The summed E-state index contributed by atoms with van der Waals surface area (Å²) in [5.74, 6) is 0.170. The lowest BCUT2D eigenvalue weighted by Gasteiger charge is -2.27. The molecule has 0 aliphatic heterocycles. The molecule has 1 aromatic rings. The van der Waals surface area contributed by atoms with Crippen molar-refractivity contribution in [1.29, 1.82) is 0 Å². The molecule has 0 aliphatic rings. The second-order valence-electron chi connectivity index (χ2n) is 5.34. The molecule has 1 aromatic carbocycles. The molecular formula is C15H24BrNO2S. The van der Waals surface area contributed by atoms with E-state index in [0.717, 1.165) is 17.3 Å². The van der Waals surface area contributed by atoms with Gasteiger partial charge in [0.1, 0.15) is 0 Å². The van der Waals surface area contributed by atoms with Crippen molar-refractivity contribution in [3.05, 3.63) is 35.9 Å². The number of sulfonamides is 1. The van der Waals surface area contributed by atoms with E-state index in [4.69, 9.17) is 0 Å². The summed E-state index contributed by atoms with van der Waals surface area (Å²) in [4.78, 5) is 0. The van der Waals surface area contributed by atoms with Crippen molar-refractivity contribution < 1.29 is 8.42 Å². The highest BCUT2D eigenvalue weighted by atomic mass is 79.9. The van der Waals surface area contributed by atoms with Crippen LogP contribution in [-0.2, 0) is 10.0 Å². The van der Waals surface area contributed by atoms with Gasteiger partial charge >= 0.3 is 0 Å². The van der Waals surface area contributed by atoms with E-state index in [1.165, 1.54) is 0 Å². The predicted molar refractivity (Wildman–Crippen MR) is 88.9 cm³/mol. The van der Waals surface area contributed by atoms with Crippen molar-refractivity contribution in [2.45, 2.75) is 39.2 Å². The molecule has 1 unspecified atom stereocenters. The SMILES string of the molecule is CC(CS(=O)(=O)N(CCCBr)C(C)C)c1ccccc1. The molecule has 0 aliphatic carbocycles. The van der Waals surface area contributed by atoms with Gasteiger partial charge in [-0.2, -0.15) is 4.31 Å². The van der Waals surface area contributed by atoms with Gasteiger partial charge in [0.2, 0.25) is 10.0 Å². The van der Waals surface area contributed by atoms with Gasteiger partial charge < -0.3 is 0 Å². The number of halogens is 1. The van der Waals surface area contributed by atoms with E-state index in [-0.39, 0.29) is 17.7 Å². The maximum atomic E-state index is 12.6. The zero-order valence-electron chi connectivity index (χ0n) is 12.4. The minimum Gasteiger partial charge on any atom is -0.212 e. The van der Waals surface area contributed by atoms with E-state index in [1.807, 2.05) is 51.1 Å². The average molecular weight is 362 g/mol. The Morgan fingerprint density at radius 1 is 1.15 bits per heavy atom. The summed E-state index contributed by atoms with van der Waals surface area (Å²) >= 11 is 3.36. The van der Waals surface area contributed by atoms with Crippen LogP contribution in [0.5, 0.6) is 0 Å². The van der Waals surface area contributed by atoms with Crippen LogP contribution in [0.25, 0.3) is 0 Å². The summed E-state index contributed by atoms with van der Waals surface area (Å²) in [6.45, 7) is 6.40. The first kappa shape index (κ1) is 17.7. The largest absolute Gasteiger partial charge is 0.214 e. The fourth-order valence-electron chi connectivity index (χ4n) is 2.22. The van der Waals surface area contributed by atoms with Crippen molar-refractivity contribution in [2.75, 3.05) is 17.6 Å². The predicted octanol–water partition coefficient (Wildman–Crippen LogP) is 3.62. The van der Waals surface area contributed by atoms with Crippen LogP contribution in [0.1, 0.15) is 38.7 Å². The standard InChI is InChI=1S/C15H24BrNO2S/c1-13(2)17(11-7-10-16)20(18,19)12-14(3)15-8-5-4-6-9-15/h4-6,8-9,13-14H,7,10-12H2,1-3H3. The van der Waals surface area contributed by atoms with Crippen molar-refractivity contribution in [3.8, 4) is 0 Å². The van der Waals surface area contributed by atoms with Crippen molar-refractivity contribution in [1.82, 2.24) is 4.31 Å². The number of alkyl halides is 1. The van der Waals surface area contributed by atoms with E-state index >= 15 is 0 Å². The second kappa shape index (κ2) is 8.15. The van der Waals surface area contributed by atoms with Gasteiger partial charge in [-0.05, 0) is 31.7 Å². The molecule has 0 radical (unpaired) electrons. The highest BCUT2D eigenvalue weighted by Crippen LogP contribution is 2.20. The zero-order chi connectivity index (χ0) is 15.2. The first-order valence-corrected chi connectivity index (χ1v) is 9.72. The molecule has 114 valence electrons. The molecule has 1 atom stereocenters. The van der Waals surface area contributed by atoms with Gasteiger partial charge in [-0.15, -0.1) is 0 Å². The molecule has 5 heteroatoms. The Balaban J connectivity index is 2.81. The molecular weight excluding hydrogens is 338 g/mol. The average Bonchev–Trinajstić information content (AvgIpc) is 2.39. The monoisotopic (exact) mass is 361 g/mol. The van der Waals surface area contributed by atoms with Gasteiger partial charge in [0.25, 0.3) is 0 Å². The van der Waals surface area contributed by atoms with E-state index in [2.05, 4.69) is 15.9 Å². The van der Waals surface area contributed by atoms with Crippen molar-refractivity contribution >= 4 is 26.0 Å². The van der Waals surface area contributed by atoms with E-state index in [1.54, 1.807) is 4.31 Å². The molecule has 0 fully saturated rings. The van der Waals surface area contributed by atoms with Crippen LogP contribution in [0.4, 0.5) is 0 Å². The van der Waals surface area contributed by atoms with E-state index in [0.29, 0.717) is 6.54 Å². The second-order valence-corrected chi connectivity index (χ2v) is 8.10. The summed E-state index contributed by atoms with van der Waals surface area (Å²) in [5, 5.41) is 0.819. The van der Waals surface area contributed by atoms with Gasteiger partial charge in [-0.1, -0.05) is 53.2 Å².